The number of carbonyl (C=O) groups is 1. The molecular formula is C19H16ClN5O2S. The van der Waals surface area contributed by atoms with Crippen LogP contribution in [0.15, 0.2) is 39.9 Å². The molecule has 1 aromatic heterocycles. The minimum atomic E-state index is -0.438. The molecule has 1 aromatic carbocycles. The number of hydrogen-bond acceptors (Lipinski definition) is 5. The third kappa shape index (κ3) is 2.94. The minimum Gasteiger partial charge on any atom is -0.495 e. The van der Waals surface area contributed by atoms with Crippen LogP contribution in [-0.2, 0) is 4.79 Å². The second-order valence-electron chi connectivity index (χ2n) is 6.24. The van der Waals surface area contributed by atoms with Gasteiger partial charge in [0, 0.05) is 17.1 Å². The van der Waals surface area contributed by atoms with Crippen molar-refractivity contribution in [2.24, 2.45) is 10.1 Å². The van der Waals surface area contributed by atoms with E-state index in [1.807, 2.05) is 42.7 Å². The van der Waals surface area contributed by atoms with Crippen LogP contribution in [0.25, 0.3) is 11.8 Å². The molecule has 0 saturated heterocycles. The Bertz CT molecular complexity index is 1120. The molecule has 0 bridgehead atoms. The lowest BCUT2D eigenvalue weighted by Gasteiger charge is -2.20. The molecule has 0 spiro atoms. The van der Waals surface area contributed by atoms with E-state index >= 15 is 0 Å². The standard InChI is InChI=1S/C19H16ClN5O2S/c1-10-6-12(7-14-17(21)25-19(23-18(14)26)28-9-22-25)11(2)24(10)13-4-5-16(27-3)15(20)8-13/h4-9,21H,1-3H3/b14-7+,21-17?. The molecule has 9 heteroatoms. The van der Waals surface area contributed by atoms with Crippen LogP contribution in [0, 0.1) is 19.3 Å². The number of ether oxygens (including phenoxy) is 1. The van der Waals surface area contributed by atoms with Crippen LogP contribution in [0.2, 0.25) is 5.02 Å². The van der Waals surface area contributed by atoms with Gasteiger partial charge in [-0.1, -0.05) is 11.6 Å². The Morgan fingerprint density at radius 3 is 2.79 bits per heavy atom. The van der Waals surface area contributed by atoms with E-state index in [4.69, 9.17) is 21.7 Å². The maximum atomic E-state index is 12.4. The molecule has 2 aliphatic rings. The predicted molar refractivity (Wildman–Crippen MR) is 113 cm³/mol. The number of nitrogens with one attached hydrogen (secondary N) is 1. The first-order valence-electron chi connectivity index (χ1n) is 8.36. The number of amidine groups is 2. The summed E-state index contributed by atoms with van der Waals surface area (Å²) in [4.78, 5) is 16.4. The van der Waals surface area contributed by atoms with Gasteiger partial charge in [0.25, 0.3) is 5.91 Å². The number of methoxy groups -OCH3 is 1. The van der Waals surface area contributed by atoms with Gasteiger partial charge in [-0.05, 0) is 61.5 Å². The lowest BCUT2D eigenvalue weighted by molar-refractivity contribution is -0.114. The molecule has 0 atom stereocenters. The number of hydrogen-bond donors (Lipinski definition) is 1. The highest BCUT2D eigenvalue weighted by molar-refractivity contribution is 8.25. The first-order chi connectivity index (χ1) is 13.4. The van der Waals surface area contributed by atoms with E-state index in [0.717, 1.165) is 22.6 Å². The summed E-state index contributed by atoms with van der Waals surface area (Å²) >= 11 is 7.50. The Kier molecular flexibility index (Phi) is 4.60. The highest BCUT2D eigenvalue weighted by Crippen LogP contribution is 2.31. The molecule has 7 nitrogen and oxygen atoms in total. The Labute approximate surface area is 170 Å². The number of rotatable bonds is 3. The van der Waals surface area contributed by atoms with Gasteiger partial charge < -0.3 is 9.30 Å². The molecule has 28 heavy (non-hydrogen) atoms. The fourth-order valence-corrected chi connectivity index (χ4v) is 4.08. The lowest BCUT2D eigenvalue weighted by Crippen LogP contribution is -2.35. The number of aliphatic imine (C=N–C) groups is 1. The number of fused-ring (bicyclic) bond motifs is 1. The van der Waals surface area contributed by atoms with Gasteiger partial charge in [-0.2, -0.15) is 15.1 Å². The second-order valence-corrected chi connectivity index (χ2v) is 7.46. The molecule has 142 valence electrons. The normalized spacial score (nSPS) is 17.4. The molecule has 0 aliphatic carbocycles. The molecule has 0 unspecified atom stereocenters. The summed E-state index contributed by atoms with van der Waals surface area (Å²) in [6.07, 6.45) is 1.69. The SMILES string of the molecule is COc1ccc(-n2c(C)cc(/C=C3\C(=N)N4N=CSC4=NC3=O)c2C)cc1Cl. The molecule has 0 fully saturated rings. The van der Waals surface area contributed by atoms with Gasteiger partial charge in [0.15, 0.2) is 11.0 Å². The summed E-state index contributed by atoms with van der Waals surface area (Å²) < 4.78 is 7.25. The van der Waals surface area contributed by atoms with Crippen molar-refractivity contribution in [2.45, 2.75) is 13.8 Å². The van der Waals surface area contributed by atoms with Crippen molar-refractivity contribution < 1.29 is 9.53 Å². The smallest absolute Gasteiger partial charge is 0.283 e. The zero-order chi connectivity index (χ0) is 20.0. The van der Waals surface area contributed by atoms with Crippen LogP contribution in [-0.4, -0.2) is 39.1 Å². The number of thioether (sulfide) groups is 1. The van der Waals surface area contributed by atoms with Crippen molar-refractivity contribution in [1.82, 2.24) is 9.58 Å². The van der Waals surface area contributed by atoms with Crippen LogP contribution in [0.3, 0.4) is 0 Å². The fraction of sp³-hybridized carbons (Fsp3) is 0.158. The number of benzene rings is 1. The van der Waals surface area contributed by atoms with Gasteiger partial charge >= 0.3 is 0 Å². The summed E-state index contributed by atoms with van der Waals surface area (Å²) in [7, 11) is 1.57. The molecule has 4 rings (SSSR count). The number of amides is 1. The van der Waals surface area contributed by atoms with Gasteiger partial charge in [0.1, 0.15) is 5.75 Å². The van der Waals surface area contributed by atoms with Gasteiger partial charge in [-0.3, -0.25) is 10.2 Å². The summed E-state index contributed by atoms with van der Waals surface area (Å²) in [6, 6.07) is 7.52. The van der Waals surface area contributed by atoms with Crippen molar-refractivity contribution in [3.05, 3.63) is 51.8 Å². The van der Waals surface area contributed by atoms with E-state index < -0.39 is 5.91 Å². The molecule has 3 heterocycles. The van der Waals surface area contributed by atoms with E-state index in [9.17, 15) is 4.79 Å². The quantitative estimate of drug-likeness (QED) is 0.771. The molecule has 0 saturated carbocycles. The number of nitrogens with zero attached hydrogens (tertiary/aromatic N) is 4. The summed E-state index contributed by atoms with van der Waals surface area (Å²) in [6.45, 7) is 3.92. The maximum Gasteiger partial charge on any atom is 0.283 e. The Morgan fingerprint density at radius 1 is 1.29 bits per heavy atom. The van der Waals surface area contributed by atoms with Crippen molar-refractivity contribution in [3.8, 4) is 11.4 Å². The van der Waals surface area contributed by atoms with E-state index in [0.29, 0.717) is 15.9 Å². The molecular weight excluding hydrogens is 398 g/mol. The highest BCUT2D eigenvalue weighted by Gasteiger charge is 2.32. The van der Waals surface area contributed by atoms with E-state index in [2.05, 4.69) is 10.1 Å². The monoisotopic (exact) mass is 413 g/mol. The van der Waals surface area contributed by atoms with E-state index in [-0.39, 0.29) is 11.4 Å². The number of aromatic nitrogens is 1. The largest absolute Gasteiger partial charge is 0.495 e. The highest BCUT2D eigenvalue weighted by atomic mass is 35.5. The average Bonchev–Trinajstić information content (AvgIpc) is 3.23. The third-order valence-corrected chi connectivity index (χ3v) is 5.53. The van der Waals surface area contributed by atoms with Crippen molar-refractivity contribution in [3.63, 3.8) is 0 Å². The van der Waals surface area contributed by atoms with Crippen molar-refractivity contribution in [2.75, 3.05) is 7.11 Å². The first-order valence-corrected chi connectivity index (χ1v) is 9.62. The predicted octanol–water partition coefficient (Wildman–Crippen LogP) is 4.01. The van der Waals surface area contributed by atoms with Crippen molar-refractivity contribution in [1.29, 1.82) is 5.41 Å². The van der Waals surface area contributed by atoms with Gasteiger partial charge in [-0.15, -0.1) is 0 Å². The zero-order valence-corrected chi connectivity index (χ0v) is 16.9. The summed E-state index contributed by atoms with van der Waals surface area (Å²) in [5.74, 6) is 0.189. The molecule has 1 amide bonds. The molecule has 2 aliphatic heterocycles. The first kappa shape index (κ1) is 18.5. The number of hydrazone groups is 1. The molecule has 0 radical (unpaired) electrons. The van der Waals surface area contributed by atoms with Crippen LogP contribution < -0.4 is 4.74 Å². The topological polar surface area (TPSA) is 83.0 Å². The van der Waals surface area contributed by atoms with Crippen LogP contribution in [0.5, 0.6) is 5.75 Å². The number of aryl methyl sites for hydroxylation is 1. The molecule has 1 N–H and O–H groups in total. The Morgan fingerprint density at radius 2 is 2.07 bits per heavy atom. The number of halogens is 1. The van der Waals surface area contributed by atoms with E-state index in [1.165, 1.54) is 16.8 Å². The Hall–Kier alpha value is -2.84. The van der Waals surface area contributed by atoms with Crippen LogP contribution in [0.4, 0.5) is 0 Å². The van der Waals surface area contributed by atoms with Crippen LogP contribution >= 0.6 is 23.4 Å². The number of carbonyl (C=O) groups excluding carboxylic acids is 1. The van der Waals surface area contributed by atoms with Crippen LogP contribution in [0.1, 0.15) is 17.0 Å². The third-order valence-electron chi connectivity index (χ3n) is 4.56. The Balaban J connectivity index is 1.77. The van der Waals surface area contributed by atoms with E-state index in [1.54, 1.807) is 18.7 Å². The fourth-order valence-electron chi connectivity index (χ4n) is 3.22. The second kappa shape index (κ2) is 6.96. The van der Waals surface area contributed by atoms with Gasteiger partial charge in [0.05, 0.1) is 23.3 Å². The van der Waals surface area contributed by atoms with Gasteiger partial charge in [-0.25, -0.2) is 0 Å². The summed E-state index contributed by atoms with van der Waals surface area (Å²) in [5, 5.41) is 14.7. The molecule has 2 aromatic rings. The lowest BCUT2D eigenvalue weighted by atomic mass is 10.1. The average molecular weight is 414 g/mol. The van der Waals surface area contributed by atoms with Gasteiger partial charge in [0.2, 0.25) is 0 Å². The zero-order valence-electron chi connectivity index (χ0n) is 15.4. The summed E-state index contributed by atoms with van der Waals surface area (Å²) in [5.41, 5.74) is 5.36. The minimum absolute atomic E-state index is 0.0218. The van der Waals surface area contributed by atoms with Crippen molar-refractivity contribution >= 4 is 51.9 Å². The maximum absolute atomic E-state index is 12.4.